The second-order valence-corrected chi connectivity index (χ2v) is 4.29. The number of ketones is 1. The fourth-order valence-electron chi connectivity index (χ4n) is 1.23. The number of Topliss-reactive ketones (excluding diaryl/α,β-unsaturated/α-hetero) is 1. The lowest BCUT2D eigenvalue weighted by atomic mass is 9.92. The number of rotatable bonds is 3. The van der Waals surface area contributed by atoms with Crippen LogP contribution in [-0.2, 0) is 11.2 Å². The molecule has 0 aliphatic heterocycles. The smallest absolute Gasteiger partial charge is 0.312 e. The number of nitrogens with two attached hydrogens (primary N) is 1. The van der Waals surface area contributed by atoms with Gasteiger partial charge in [0.2, 0.25) is 0 Å². The number of alkyl halides is 3. The molecule has 1 aromatic rings. The average molecular weight is 245 g/mol. The fourth-order valence-corrected chi connectivity index (χ4v) is 1.23. The molecule has 0 aromatic heterocycles. The maximum absolute atomic E-state index is 12.5. The maximum Gasteiger partial charge on any atom is 0.413 e. The zero-order chi connectivity index (χ0) is 13.3. The Morgan fingerprint density at radius 1 is 1.24 bits per heavy atom. The molecule has 0 amide bonds. The SMILES string of the molecule is Cc1ccc(CC(=O)C(C)(N)C(F)(F)F)cc1. The molecule has 0 saturated heterocycles. The van der Waals surface area contributed by atoms with Crippen LogP contribution in [0.5, 0.6) is 0 Å². The Bertz CT molecular complexity index is 407. The lowest BCUT2D eigenvalue weighted by molar-refractivity contribution is -0.185. The van der Waals surface area contributed by atoms with Crippen LogP contribution in [0.4, 0.5) is 13.2 Å². The Balaban J connectivity index is 2.83. The van der Waals surface area contributed by atoms with Crippen LogP contribution in [0.3, 0.4) is 0 Å². The number of hydrogen-bond acceptors (Lipinski definition) is 2. The third-order valence-electron chi connectivity index (χ3n) is 2.65. The van der Waals surface area contributed by atoms with Crippen LogP contribution in [0, 0.1) is 6.92 Å². The number of carbonyl (C=O) groups excluding carboxylic acids is 1. The van der Waals surface area contributed by atoms with Gasteiger partial charge >= 0.3 is 6.18 Å². The Kier molecular flexibility index (Phi) is 3.62. The van der Waals surface area contributed by atoms with Gasteiger partial charge in [-0.2, -0.15) is 13.2 Å². The Morgan fingerprint density at radius 2 is 1.71 bits per heavy atom. The first-order chi connectivity index (χ1) is 7.64. The minimum Gasteiger partial charge on any atom is -0.312 e. The molecule has 0 radical (unpaired) electrons. The van der Waals surface area contributed by atoms with Crippen molar-refractivity contribution in [2.24, 2.45) is 5.73 Å². The van der Waals surface area contributed by atoms with Gasteiger partial charge in [0, 0.05) is 6.42 Å². The van der Waals surface area contributed by atoms with Crippen molar-refractivity contribution >= 4 is 5.78 Å². The van der Waals surface area contributed by atoms with Gasteiger partial charge in [-0.05, 0) is 19.4 Å². The van der Waals surface area contributed by atoms with Gasteiger partial charge in [-0.25, -0.2) is 0 Å². The lowest BCUT2D eigenvalue weighted by Gasteiger charge is -2.25. The highest BCUT2D eigenvalue weighted by molar-refractivity contribution is 5.90. The van der Waals surface area contributed by atoms with E-state index in [1.165, 1.54) is 0 Å². The van der Waals surface area contributed by atoms with E-state index in [1.54, 1.807) is 24.3 Å². The molecule has 0 saturated carbocycles. The Hall–Kier alpha value is -1.36. The standard InChI is InChI=1S/C12H14F3NO/c1-8-3-5-9(6-4-8)7-10(17)11(2,16)12(13,14)15/h3-6H,7,16H2,1-2H3. The summed E-state index contributed by atoms with van der Waals surface area (Å²) in [7, 11) is 0. The molecule has 1 rings (SSSR count). The molecule has 1 unspecified atom stereocenters. The Morgan fingerprint density at radius 3 is 2.12 bits per heavy atom. The lowest BCUT2D eigenvalue weighted by Crippen LogP contribution is -2.57. The first-order valence-corrected chi connectivity index (χ1v) is 5.09. The van der Waals surface area contributed by atoms with E-state index in [4.69, 9.17) is 5.73 Å². The van der Waals surface area contributed by atoms with Crippen LogP contribution in [-0.4, -0.2) is 17.5 Å². The number of hydrogen-bond donors (Lipinski definition) is 1. The molecule has 2 nitrogen and oxygen atoms in total. The van der Waals surface area contributed by atoms with Crippen molar-refractivity contribution in [2.45, 2.75) is 32.0 Å². The van der Waals surface area contributed by atoms with Gasteiger partial charge in [0.05, 0.1) is 0 Å². The highest BCUT2D eigenvalue weighted by Crippen LogP contribution is 2.29. The predicted molar refractivity (Wildman–Crippen MR) is 58.5 cm³/mol. The fraction of sp³-hybridized carbons (Fsp3) is 0.417. The molecule has 5 heteroatoms. The van der Waals surface area contributed by atoms with E-state index in [1.807, 2.05) is 6.92 Å². The van der Waals surface area contributed by atoms with Crippen molar-refractivity contribution < 1.29 is 18.0 Å². The van der Waals surface area contributed by atoms with Crippen molar-refractivity contribution in [3.63, 3.8) is 0 Å². The quantitative estimate of drug-likeness (QED) is 0.888. The van der Waals surface area contributed by atoms with Gasteiger partial charge in [-0.15, -0.1) is 0 Å². The second kappa shape index (κ2) is 4.49. The van der Waals surface area contributed by atoms with Crippen molar-refractivity contribution in [1.29, 1.82) is 0 Å². The molecule has 94 valence electrons. The third kappa shape index (κ3) is 3.06. The molecule has 1 aromatic carbocycles. The molecular formula is C12H14F3NO. The average Bonchev–Trinajstić information content (AvgIpc) is 2.19. The van der Waals surface area contributed by atoms with Gasteiger partial charge in [0.15, 0.2) is 11.3 Å². The molecule has 0 bridgehead atoms. The first-order valence-electron chi connectivity index (χ1n) is 5.09. The maximum atomic E-state index is 12.5. The van der Waals surface area contributed by atoms with Crippen LogP contribution in [0.1, 0.15) is 18.1 Å². The summed E-state index contributed by atoms with van der Waals surface area (Å²) in [5.41, 5.74) is 3.76. The minimum absolute atomic E-state index is 0.313. The molecule has 0 aliphatic rings. The third-order valence-corrected chi connectivity index (χ3v) is 2.65. The van der Waals surface area contributed by atoms with E-state index in [9.17, 15) is 18.0 Å². The van der Waals surface area contributed by atoms with Crippen LogP contribution in [0.25, 0.3) is 0 Å². The van der Waals surface area contributed by atoms with Gasteiger partial charge in [0.25, 0.3) is 0 Å². The summed E-state index contributed by atoms with van der Waals surface area (Å²) in [6.45, 7) is 2.55. The second-order valence-electron chi connectivity index (χ2n) is 4.29. The van der Waals surface area contributed by atoms with Crippen molar-refractivity contribution in [3.8, 4) is 0 Å². The zero-order valence-corrected chi connectivity index (χ0v) is 9.64. The number of halogens is 3. The highest BCUT2D eigenvalue weighted by atomic mass is 19.4. The molecule has 0 aliphatic carbocycles. The van der Waals surface area contributed by atoms with Crippen LogP contribution in [0.15, 0.2) is 24.3 Å². The molecule has 17 heavy (non-hydrogen) atoms. The molecule has 1 atom stereocenters. The van der Waals surface area contributed by atoms with E-state index >= 15 is 0 Å². The molecule has 0 heterocycles. The topological polar surface area (TPSA) is 43.1 Å². The van der Waals surface area contributed by atoms with Gasteiger partial charge in [-0.3, -0.25) is 4.79 Å². The van der Waals surface area contributed by atoms with Gasteiger partial charge in [-0.1, -0.05) is 29.8 Å². The summed E-state index contributed by atoms with van der Waals surface area (Å²) in [5.74, 6) is -1.03. The van der Waals surface area contributed by atoms with E-state index in [0.717, 1.165) is 5.56 Å². The van der Waals surface area contributed by atoms with Crippen molar-refractivity contribution in [2.75, 3.05) is 0 Å². The van der Waals surface area contributed by atoms with Crippen molar-refractivity contribution in [1.82, 2.24) is 0 Å². The summed E-state index contributed by atoms with van der Waals surface area (Å²) in [4.78, 5) is 11.5. The minimum atomic E-state index is -4.73. The number of aryl methyl sites for hydroxylation is 1. The predicted octanol–water partition coefficient (Wildman–Crippen LogP) is 2.39. The van der Waals surface area contributed by atoms with E-state index < -0.39 is 17.5 Å². The molecule has 0 spiro atoms. The van der Waals surface area contributed by atoms with Gasteiger partial charge in [0.1, 0.15) is 0 Å². The molecular weight excluding hydrogens is 231 g/mol. The van der Waals surface area contributed by atoms with Crippen LogP contribution < -0.4 is 5.73 Å². The summed E-state index contributed by atoms with van der Waals surface area (Å²) >= 11 is 0. The van der Waals surface area contributed by atoms with Crippen LogP contribution in [0.2, 0.25) is 0 Å². The van der Waals surface area contributed by atoms with Gasteiger partial charge < -0.3 is 5.73 Å². The first kappa shape index (κ1) is 13.7. The Labute approximate surface area is 97.6 Å². The largest absolute Gasteiger partial charge is 0.413 e. The van der Waals surface area contributed by atoms with E-state index in [-0.39, 0.29) is 6.42 Å². The summed E-state index contributed by atoms with van der Waals surface area (Å²) < 4.78 is 37.5. The highest BCUT2D eigenvalue weighted by Gasteiger charge is 2.53. The summed E-state index contributed by atoms with van der Waals surface area (Å²) in [6.07, 6.45) is -5.04. The van der Waals surface area contributed by atoms with E-state index in [2.05, 4.69) is 0 Å². The zero-order valence-electron chi connectivity index (χ0n) is 9.64. The van der Waals surface area contributed by atoms with Crippen molar-refractivity contribution in [3.05, 3.63) is 35.4 Å². The normalized spacial score (nSPS) is 15.4. The summed E-state index contributed by atoms with van der Waals surface area (Å²) in [5, 5.41) is 0. The van der Waals surface area contributed by atoms with E-state index in [0.29, 0.717) is 12.5 Å². The summed E-state index contributed by atoms with van der Waals surface area (Å²) in [6, 6.07) is 6.73. The van der Waals surface area contributed by atoms with Crippen LogP contribution >= 0.6 is 0 Å². The number of carbonyl (C=O) groups is 1. The number of benzene rings is 1. The molecule has 0 fully saturated rings. The molecule has 2 N–H and O–H groups in total. The monoisotopic (exact) mass is 245 g/mol.